The van der Waals surface area contributed by atoms with Gasteiger partial charge in [0.25, 0.3) is 0 Å². The summed E-state index contributed by atoms with van der Waals surface area (Å²) < 4.78 is 41.5. The Bertz CT molecular complexity index is 913. The lowest BCUT2D eigenvalue weighted by Crippen LogP contribution is -2.48. The highest BCUT2D eigenvalue weighted by molar-refractivity contribution is 5.76. The molecule has 2 aliphatic rings. The maximum absolute atomic E-state index is 14.0. The van der Waals surface area contributed by atoms with Crippen molar-refractivity contribution < 1.29 is 18.0 Å². The van der Waals surface area contributed by atoms with Crippen molar-refractivity contribution in [1.29, 1.82) is 0 Å². The molecule has 2 heterocycles. The maximum atomic E-state index is 14.0. The van der Waals surface area contributed by atoms with E-state index in [2.05, 4.69) is 17.3 Å². The normalized spacial score (nSPS) is 21.9. The lowest BCUT2D eigenvalue weighted by Gasteiger charge is -2.38. The van der Waals surface area contributed by atoms with Crippen molar-refractivity contribution in [3.05, 3.63) is 70.5 Å². The zero-order valence-electron chi connectivity index (χ0n) is 17.0. The second kappa shape index (κ2) is 8.68. The average Bonchev–Trinajstić information content (AvgIpc) is 2.74. The van der Waals surface area contributed by atoms with Gasteiger partial charge in [-0.25, -0.2) is 18.0 Å². The van der Waals surface area contributed by atoms with Gasteiger partial charge in [0.15, 0.2) is 17.5 Å². The minimum atomic E-state index is -1.50. The zero-order valence-corrected chi connectivity index (χ0v) is 17.0. The first-order valence-electron chi connectivity index (χ1n) is 10.4. The SMILES string of the molecule is CN1CCCC(CNC(=O)N2CCc3ccccc3C2c2cc(F)c(F)c(F)c2)C1. The number of nitrogens with zero attached hydrogens (tertiary/aromatic N) is 2. The van der Waals surface area contributed by atoms with Crippen LogP contribution in [0.5, 0.6) is 0 Å². The molecule has 2 atom stereocenters. The summed E-state index contributed by atoms with van der Waals surface area (Å²) >= 11 is 0. The molecule has 0 bridgehead atoms. The van der Waals surface area contributed by atoms with Gasteiger partial charge in [-0.05, 0) is 67.6 Å². The predicted octanol–water partition coefficient (Wildman–Crippen LogP) is 4.10. The number of fused-ring (bicyclic) bond motifs is 1. The molecule has 2 amide bonds. The van der Waals surface area contributed by atoms with Crippen LogP contribution in [-0.2, 0) is 6.42 Å². The molecular formula is C23H26F3N3O. The van der Waals surface area contributed by atoms with Crippen molar-refractivity contribution in [2.75, 3.05) is 33.2 Å². The van der Waals surface area contributed by atoms with Crippen LogP contribution in [0.3, 0.4) is 0 Å². The molecule has 0 aromatic heterocycles. The summed E-state index contributed by atoms with van der Waals surface area (Å²) in [4.78, 5) is 16.9. The van der Waals surface area contributed by atoms with Crippen molar-refractivity contribution in [2.24, 2.45) is 5.92 Å². The fourth-order valence-corrected chi connectivity index (χ4v) is 4.65. The summed E-state index contributed by atoms with van der Waals surface area (Å²) in [7, 11) is 2.07. The van der Waals surface area contributed by atoms with E-state index < -0.39 is 23.5 Å². The van der Waals surface area contributed by atoms with Gasteiger partial charge in [0.05, 0.1) is 6.04 Å². The van der Waals surface area contributed by atoms with Gasteiger partial charge in [0.2, 0.25) is 0 Å². The lowest BCUT2D eigenvalue weighted by molar-refractivity contribution is 0.169. The first-order chi connectivity index (χ1) is 14.4. The monoisotopic (exact) mass is 417 g/mol. The number of likely N-dealkylation sites (tertiary alicyclic amines) is 1. The van der Waals surface area contributed by atoms with E-state index in [0.717, 1.165) is 49.2 Å². The standard InChI is InChI=1S/C23H26F3N3O/c1-28-9-4-5-15(14-28)13-27-23(30)29-10-8-16-6-2-3-7-18(16)22(29)17-11-19(24)21(26)20(25)12-17/h2-3,6-7,11-12,15,22H,4-5,8-10,13-14H2,1H3,(H,27,30). The molecule has 0 aliphatic carbocycles. The number of benzene rings is 2. The first-order valence-corrected chi connectivity index (χ1v) is 10.4. The summed E-state index contributed by atoms with van der Waals surface area (Å²) in [5.41, 5.74) is 2.05. The quantitative estimate of drug-likeness (QED) is 0.764. The van der Waals surface area contributed by atoms with Gasteiger partial charge in [0, 0.05) is 19.6 Å². The fraction of sp³-hybridized carbons (Fsp3) is 0.435. The van der Waals surface area contributed by atoms with E-state index in [1.165, 1.54) is 0 Å². The van der Waals surface area contributed by atoms with Gasteiger partial charge >= 0.3 is 6.03 Å². The number of piperidine rings is 1. The molecule has 4 rings (SSSR count). The highest BCUT2D eigenvalue weighted by Crippen LogP contribution is 2.36. The van der Waals surface area contributed by atoms with E-state index in [9.17, 15) is 18.0 Å². The molecule has 7 heteroatoms. The van der Waals surface area contributed by atoms with Crippen LogP contribution in [-0.4, -0.2) is 49.1 Å². The van der Waals surface area contributed by atoms with Gasteiger partial charge in [0.1, 0.15) is 0 Å². The topological polar surface area (TPSA) is 35.6 Å². The summed E-state index contributed by atoms with van der Waals surface area (Å²) in [5.74, 6) is -3.62. The van der Waals surface area contributed by atoms with Crippen LogP contribution >= 0.6 is 0 Å². The number of rotatable bonds is 3. The minimum Gasteiger partial charge on any atom is -0.338 e. The van der Waals surface area contributed by atoms with Crippen LogP contribution in [0.4, 0.5) is 18.0 Å². The van der Waals surface area contributed by atoms with E-state index in [1.807, 2.05) is 24.3 Å². The van der Waals surface area contributed by atoms with Gasteiger partial charge in [-0.3, -0.25) is 0 Å². The van der Waals surface area contributed by atoms with Crippen LogP contribution in [0.2, 0.25) is 0 Å². The average molecular weight is 417 g/mol. The predicted molar refractivity (Wildman–Crippen MR) is 109 cm³/mol. The molecule has 0 spiro atoms. The fourth-order valence-electron chi connectivity index (χ4n) is 4.65. The van der Waals surface area contributed by atoms with Crippen molar-refractivity contribution in [2.45, 2.75) is 25.3 Å². The van der Waals surface area contributed by atoms with Crippen LogP contribution in [0.25, 0.3) is 0 Å². The number of carbonyl (C=O) groups is 1. The van der Waals surface area contributed by atoms with Gasteiger partial charge in [-0.15, -0.1) is 0 Å². The molecule has 160 valence electrons. The highest BCUT2D eigenvalue weighted by Gasteiger charge is 2.33. The van der Waals surface area contributed by atoms with E-state index >= 15 is 0 Å². The second-order valence-electron chi connectivity index (χ2n) is 8.30. The Morgan fingerprint density at radius 3 is 2.60 bits per heavy atom. The minimum absolute atomic E-state index is 0.228. The number of hydrogen-bond acceptors (Lipinski definition) is 2. The molecule has 30 heavy (non-hydrogen) atoms. The third-order valence-corrected chi connectivity index (χ3v) is 6.13. The van der Waals surface area contributed by atoms with E-state index in [4.69, 9.17) is 0 Å². The molecule has 2 aliphatic heterocycles. The van der Waals surface area contributed by atoms with Crippen molar-refractivity contribution in [3.63, 3.8) is 0 Å². The molecule has 2 aromatic rings. The van der Waals surface area contributed by atoms with Crippen LogP contribution in [0.1, 0.15) is 35.6 Å². The first kappa shape index (κ1) is 20.7. The molecule has 0 radical (unpaired) electrons. The number of nitrogens with one attached hydrogen (secondary N) is 1. The lowest BCUT2D eigenvalue weighted by atomic mass is 9.88. The second-order valence-corrected chi connectivity index (χ2v) is 8.30. The largest absolute Gasteiger partial charge is 0.338 e. The zero-order chi connectivity index (χ0) is 21.3. The Balaban J connectivity index is 1.60. The Labute approximate surface area is 174 Å². The van der Waals surface area contributed by atoms with Crippen LogP contribution < -0.4 is 5.32 Å². The summed E-state index contributed by atoms with van der Waals surface area (Å²) in [6.07, 6.45) is 2.81. The maximum Gasteiger partial charge on any atom is 0.318 e. The van der Waals surface area contributed by atoms with Crippen LogP contribution in [0, 0.1) is 23.4 Å². The number of urea groups is 1. The Kier molecular flexibility index (Phi) is 5.99. The van der Waals surface area contributed by atoms with Gasteiger partial charge in [-0.2, -0.15) is 0 Å². The number of halogens is 3. The molecule has 1 N–H and O–H groups in total. The smallest absolute Gasteiger partial charge is 0.318 e. The van der Waals surface area contributed by atoms with E-state index in [1.54, 1.807) is 4.90 Å². The number of hydrogen-bond donors (Lipinski definition) is 1. The number of amides is 2. The van der Waals surface area contributed by atoms with Crippen molar-refractivity contribution >= 4 is 6.03 Å². The molecular weight excluding hydrogens is 391 g/mol. The van der Waals surface area contributed by atoms with Crippen LogP contribution in [0.15, 0.2) is 36.4 Å². The highest BCUT2D eigenvalue weighted by atomic mass is 19.2. The Morgan fingerprint density at radius 2 is 1.87 bits per heavy atom. The Morgan fingerprint density at radius 1 is 1.13 bits per heavy atom. The van der Waals surface area contributed by atoms with Crippen molar-refractivity contribution in [1.82, 2.24) is 15.1 Å². The van der Waals surface area contributed by atoms with E-state index in [-0.39, 0.29) is 11.6 Å². The third kappa shape index (κ3) is 4.17. The Hall–Kier alpha value is -2.54. The summed E-state index contributed by atoms with van der Waals surface area (Å²) in [5, 5.41) is 3.01. The number of carbonyl (C=O) groups excluding carboxylic acids is 1. The van der Waals surface area contributed by atoms with E-state index in [0.29, 0.717) is 25.4 Å². The molecule has 1 fully saturated rings. The third-order valence-electron chi connectivity index (χ3n) is 6.13. The summed E-state index contributed by atoms with van der Waals surface area (Å²) in [6, 6.07) is 8.57. The van der Waals surface area contributed by atoms with Gasteiger partial charge < -0.3 is 15.1 Å². The summed E-state index contributed by atoms with van der Waals surface area (Å²) in [6.45, 7) is 2.97. The molecule has 2 unspecified atom stereocenters. The molecule has 1 saturated heterocycles. The van der Waals surface area contributed by atoms with Crippen molar-refractivity contribution in [3.8, 4) is 0 Å². The molecule has 4 nitrogen and oxygen atoms in total. The molecule has 2 aromatic carbocycles. The molecule has 0 saturated carbocycles. The van der Waals surface area contributed by atoms with Gasteiger partial charge in [-0.1, -0.05) is 24.3 Å².